The molecule has 0 fully saturated rings. The molecular weight excluding hydrogens is 540 g/mol. The van der Waals surface area contributed by atoms with Gasteiger partial charge in [-0.3, -0.25) is 14.9 Å². The molecule has 1 aliphatic carbocycles. The average molecular weight is 561 g/mol. The number of non-ortho nitro benzene ring substituents is 1. The van der Waals surface area contributed by atoms with Gasteiger partial charge < -0.3 is 14.8 Å². The lowest BCUT2D eigenvalue weighted by Gasteiger charge is -2.29. The van der Waals surface area contributed by atoms with Gasteiger partial charge in [-0.25, -0.2) is 4.79 Å². The number of dihydropyridines is 1. The second-order valence-corrected chi connectivity index (χ2v) is 9.51. The fourth-order valence-corrected chi connectivity index (χ4v) is 5.24. The summed E-state index contributed by atoms with van der Waals surface area (Å²) in [7, 11) is 1.32. The van der Waals surface area contributed by atoms with Gasteiger partial charge in [0.15, 0.2) is 5.78 Å². The van der Waals surface area contributed by atoms with Crippen LogP contribution in [0.4, 0.5) is 5.69 Å². The molecular formula is C28H21BrN2O6. The van der Waals surface area contributed by atoms with Crippen molar-refractivity contribution in [1.29, 1.82) is 0 Å². The number of carbonyl (C=O) groups excluding carboxylic acids is 2. The van der Waals surface area contributed by atoms with E-state index in [4.69, 9.17) is 9.47 Å². The van der Waals surface area contributed by atoms with Crippen molar-refractivity contribution in [2.75, 3.05) is 7.11 Å². The Balaban J connectivity index is 1.49. The van der Waals surface area contributed by atoms with Crippen LogP contribution in [0.2, 0.25) is 0 Å². The van der Waals surface area contributed by atoms with Gasteiger partial charge in [-0.05, 0) is 58.2 Å². The minimum absolute atomic E-state index is 0.0123. The predicted octanol–water partition coefficient (Wildman–Crippen LogP) is 5.68. The van der Waals surface area contributed by atoms with Gasteiger partial charge >= 0.3 is 5.97 Å². The zero-order chi connectivity index (χ0) is 26.3. The lowest BCUT2D eigenvalue weighted by Crippen LogP contribution is -2.29. The lowest BCUT2D eigenvalue weighted by atomic mass is 9.80. The molecule has 0 saturated carbocycles. The third-order valence-electron chi connectivity index (χ3n) is 6.48. The highest BCUT2D eigenvalue weighted by molar-refractivity contribution is 9.10. The Kier molecular flexibility index (Phi) is 6.39. The Morgan fingerprint density at radius 3 is 2.43 bits per heavy atom. The summed E-state index contributed by atoms with van der Waals surface area (Å²) in [5.41, 5.74) is 5.09. The van der Waals surface area contributed by atoms with Crippen molar-refractivity contribution in [2.24, 2.45) is 0 Å². The van der Waals surface area contributed by atoms with E-state index in [2.05, 4.69) is 21.2 Å². The summed E-state index contributed by atoms with van der Waals surface area (Å²) in [5.74, 6) is -0.734. The average Bonchev–Trinajstić information content (AvgIpc) is 3.18. The standard InChI is InChI=1S/C28H21BrN2O6/c1-15-23(28(33)36-2)24(25-26(30-15)19-5-3-4-6-20(19)27(25)32)17-9-12-22(21(29)13-17)37-14-16-7-10-18(11-8-16)31(34)35/h3-13,24,30H,14H2,1-2H3/t24-/m1/s1. The second-order valence-electron chi connectivity index (χ2n) is 8.65. The molecule has 2 aliphatic rings. The topological polar surface area (TPSA) is 108 Å². The lowest BCUT2D eigenvalue weighted by molar-refractivity contribution is -0.384. The Hall–Kier alpha value is -4.24. The number of hydrogen-bond acceptors (Lipinski definition) is 7. The molecule has 3 aromatic rings. The van der Waals surface area contributed by atoms with Gasteiger partial charge in [0.2, 0.25) is 0 Å². The molecule has 0 spiro atoms. The van der Waals surface area contributed by atoms with E-state index in [1.165, 1.54) is 19.2 Å². The number of benzene rings is 3. The Labute approximate surface area is 220 Å². The van der Waals surface area contributed by atoms with Crippen molar-refractivity contribution in [1.82, 2.24) is 5.32 Å². The highest BCUT2D eigenvalue weighted by Gasteiger charge is 2.42. The first kappa shape index (κ1) is 24.5. The van der Waals surface area contributed by atoms with Crippen LogP contribution in [-0.4, -0.2) is 23.8 Å². The first-order valence-corrected chi connectivity index (χ1v) is 12.2. The number of nitrogens with zero attached hydrogens (tertiary/aromatic N) is 1. The minimum Gasteiger partial charge on any atom is -0.488 e. The van der Waals surface area contributed by atoms with Gasteiger partial charge in [0.05, 0.1) is 27.8 Å². The van der Waals surface area contributed by atoms with Crippen LogP contribution in [0.3, 0.4) is 0 Å². The van der Waals surface area contributed by atoms with E-state index in [1.807, 2.05) is 30.3 Å². The number of nitro benzene ring substituents is 1. The first-order valence-electron chi connectivity index (χ1n) is 11.4. The van der Waals surface area contributed by atoms with E-state index in [9.17, 15) is 19.7 Å². The number of allylic oxidation sites excluding steroid dienone is 2. The molecule has 1 heterocycles. The van der Waals surface area contributed by atoms with Crippen LogP contribution in [0.5, 0.6) is 5.75 Å². The number of halogens is 1. The van der Waals surface area contributed by atoms with Gasteiger partial charge in [0, 0.05) is 40.4 Å². The normalized spacial score (nSPS) is 16.2. The van der Waals surface area contributed by atoms with Crippen LogP contribution in [0.15, 0.2) is 88.0 Å². The van der Waals surface area contributed by atoms with Crippen molar-refractivity contribution >= 4 is 39.1 Å². The molecule has 3 aromatic carbocycles. The van der Waals surface area contributed by atoms with Crippen LogP contribution < -0.4 is 10.1 Å². The molecule has 0 radical (unpaired) electrons. The molecule has 186 valence electrons. The van der Waals surface area contributed by atoms with Crippen LogP contribution in [0.25, 0.3) is 5.70 Å². The molecule has 9 heteroatoms. The summed E-state index contributed by atoms with van der Waals surface area (Å²) >= 11 is 3.56. The summed E-state index contributed by atoms with van der Waals surface area (Å²) in [6.45, 7) is 2.00. The smallest absolute Gasteiger partial charge is 0.336 e. The second kappa shape index (κ2) is 9.67. The maximum Gasteiger partial charge on any atom is 0.336 e. The van der Waals surface area contributed by atoms with Crippen LogP contribution in [0.1, 0.15) is 39.9 Å². The molecule has 0 unspecified atom stereocenters. The summed E-state index contributed by atoms with van der Waals surface area (Å²) < 4.78 is 11.7. The number of nitrogens with one attached hydrogen (secondary N) is 1. The molecule has 37 heavy (non-hydrogen) atoms. The zero-order valence-corrected chi connectivity index (χ0v) is 21.5. The third-order valence-corrected chi connectivity index (χ3v) is 7.10. The summed E-state index contributed by atoms with van der Waals surface area (Å²) in [6, 6.07) is 18.9. The summed E-state index contributed by atoms with van der Waals surface area (Å²) in [4.78, 5) is 36.8. The van der Waals surface area contributed by atoms with E-state index < -0.39 is 16.8 Å². The largest absolute Gasteiger partial charge is 0.488 e. The molecule has 5 rings (SSSR count). The number of nitro groups is 1. The van der Waals surface area contributed by atoms with Gasteiger partial charge in [-0.1, -0.05) is 30.3 Å². The fourth-order valence-electron chi connectivity index (χ4n) is 4.73. The number of hydrogen-bond donors (Lipinski definition) is 1. The molecule has 0 aromatic heterocycles. The molecule has 0 amide bonds. The van der Waals surface area contributed by atoms with E-state index >= 15 is 0 Å². The first-order chi connectivity index (χ1) is 17.8. The Morgan fingerprint density at radius 1 is 1.08 bits per heavy atom. The molecule has 0 saturated heterocycles. The third kappa shape index (κ3) is 4.31. The number of rotatable bonds is 6. The monoisotopic (exact) mass is 560 g/mol. The van der Waals surface area contributed by atoms with E-state index in [0.29, 0.717) is 38.3 Å². The number of methoxy groups -OCH3 is 1. The molecule has 8 nitrogen and oxygen atoms in total. The van der Waals surface area contributed by atoms with Crippen LogP contribution in [-0.2, 0) is 16.1 Å². The van der Waals surface area contributed by atoms with Crippen molar-refractivity contribution in [3.63, 3.8) is 0 Å². The quantitative estimate of drug-likeness (QED) is 0.235. The molecule has 0 bridgehead atoms. The summed E-state index contributed by atoms with van der Waals surface area (Å²) in [5, 5.41) is 14.1. The number of Topliss-reactive ketones (excluding diaryl/α,β-unsaturated/α-hetero) is 1. The Morgan fingerprint density at radius 2 is 1.78 bits per heavy atom. The minimum atomic E-state index is -0.636. The predicted molar refractivity (Wildman–Crippen MR) is 140 cm³/mol. The van der Waals surface area contributed by atoms with Gasteiger partial charge in [-0.15, -0.1) is 0 Å². The van der Waals surface area contributed by atoms with Crippen molar-refractivity contribution in [3.05, 3.63) is 120 Å². The van der Waals surface area contributed by atoms with Crippen molar-refractivity contribution in [3.8, 4) is 5.75 Å². The van der Waals surface area contributed by atoms with E-state index in [1.54, 1.807) is 31.2 Å². The van der Waals surface area contributed by atoms with Gasteiger partial charge in [-0.2, -0.15) is 0 Å². The maximum absolute atomic E-state index is 13.5. The van der Waals surface area contributed by atoms with E-state index in [0.717, 1.165) is 16.7 Å². The SMILES string of the molecule is COC(=O)C1=C(C)NC2=C(C(=O)c3ccccc32)[C@@H]1c1ccc(OCc2ccc([N+](=O)[O-])cc2)c(Br)c1. The number of esters is 1. The van der Waals surface area contributed by atoms with E-state index in [-0.39, 0.29) is 18.1 Å². The number of fused-ring (bicyclic) bond motifs is 2. The number of ketones is 1. The Bertz CT molecular complexity index is 1520. The summed E-state index contributed by atoms with van der Waals surface area (Å²) in [6.07, 6.45) is 0. The number of ether oxygens (including phenoxy) is 2. The van der Waals surface area contributed by atoms with Crippen LogP contribution in [0, 0.1) is 10.1 Å². The molecule has 1 aliphatic heterocycles. The zero-order valence-electron chi connectivity index (χ0n) is 19.9. The van der Waals surface area contributed by atoms with Gasteiger partial charge in [0.25, 0.3) is 5.69 Å². The van der Waals surface area contributed by atoms with Crippen LogP contribution >= 0.6 is 15.9 Å². The fraction of sp³-hybridized carbons (Fsp3) is 0.143. The maximum atomic E-state index is 13.5. The molecule has 1 N–H and O–H groups in total. The van der Waals surface area contributed by atoms with Gasteiger partial charge in [0.1, 0.15) is 12.4 Å². The number of carbonyl (C=O) groups is 2. The highest BCUT2D eigenvalue weighted by Crippen LogP contribution is 2.47. The van der Waals surface area contributed by atoms with Crippen molar-refractivity contribution < 1.29 is 24.0 Å². The van der Waals surface area contributed by atoms with Crippen molar-refractivity contribution in [2.45, 2.75) is 19.4 Å². The molecule has 1 atom stereocenters. The highest BCUT2D eigenvalue weighted by atomic mass is 79.9.